The van der Waals surface area contributed by atoms with Crippen molar-refractivity contribution >= 4 is 0 Å². The molecule has 1 unspecified atom stereocenters. The predicted molar refractivity (Wildman–Crippen MR) is 41.8 cm³/mol. The van der Waals surface area contributed by atoms with Crippen LogP contribution in [0.3, 0.4) is 0 Å². The van der Waals surface area contributed by atoms with Crippen molar-refractivity contribution in [2.75, 3.05) is 7.11 Å². The van der Waals surface area contributed by atoms with E-state index in [0.717, 1.165) is 0 Å². The third-order valence-electron chi connectivity index (χ3n) is 1.54. The van der Waals surface area contributed by atoms with Gasteiger partial charge in [-0.1, -0.05) is 0 Å². The second-order valence-electron chi connectivity index (χ2n) is 2.37. The number of nitrogens with zero attached hydrogens (tertiary/aromatic N) is 1. The van der Waals surface area contributed by atoms with Crippen molar-refractivity contribution in [1.29, 1.82) is 0 Å². The second kappa shape index (κ2) is 4.13. The van der Waals surface area contributed by atoms with Crippen molar-refractivity contribution in [2.45, 2.75) is 12.5 Å². The summed E-state index contributed by atoms with van der Waals surface area (Å²) in [5.41, 5.74) is -0.139. The SMILES string of the molecule is COc1cccnc1C(O)C(F)F. The predicted octanol–water partition coefficient (Wildman–Crippen LogP) is 1.39. The van der Waals surface area contributed by atoms with Crippen molar-refractivity contribution in [3.63, 3.8) is 0 Å². The maximum Gasteiger partial charge on any atom is 0.269 e. The van der Waals surface area contributed by atoms with E-state index in [1.165, 1.54) is 19.4 Å². The Morgan fingerprint density at radius 2 is 2.23 bits per heavy atom. The molecule has 1 atom stereocenters. The third-order valence-corrected chi connectivity index (χ3v) is 1.54. The molecule has 1 heterocycles. The van der Waals surface area contributed by atoms with Crippen molar-refractivity contribution in [3.8, 4) is 5.75 Å². The highest BCUT2D eigenvalue weighted by atomic mass is 19.3. The summed E-state index contributed by atoms with van der Waals surface area (Å²) in [6.07, 6.45) is -3.43. The minimum atomic E-state index is -2.86. The first-order valence-corrected chi connectivity index (χ1v) is 3.62. The van der Waals surface area contributed by atoms with Crippen LogP contribution in [-0.4, -0.2) is 23.6 Å². The van der Waals surface area contributed by atoms with Gasteiger partial charge in [-0.2, -0.15) is 0 Å². The fourth-order valence-corrected chi connectivity index (χ4v) is 0.917. The number of pyridine rings is 1. The normalized spacial score (nSPS) is 13.0. The quantitative estimate of drug-likeness (QED) is 0.781. The lowest BCUT2D eigenvalue weighted by atomic mass is 10.2. The van der Waals surface area contributed by atoms with Crippen LogP contribution in [0.1, 0.15) is 11.8 Å². The van der Waals surface area contributed by atoms with Gasteiger partial charge in [0.25, 0.3) is 6.43 Å². The van der Waals surface area contributed by atoms with Crippen molar-refractivity contribution < 1.29 is 18.6 Å². The molecule has 13 heavy (non-hydrogen) atoms. The van der Waals surface area contributed by atoms with Crippen LogP contribution in [0.25, 0.3) is 0 Å². The molecule has 0 fully saturated rings. The highest BCUT2D eigenvalue weighted by molar-refractivity contribution is 5.28. The molecule has 0 radical (unpaired) electrons. The van der Waals surface area contributed by atoms with Gasteiger partial charge in [-0.3, -0.25) is 4.98 Å². The van der Waals surface area contributed by atoms with E-state index in [4.69, 9.17) is 9.84 Å². The van der Waals surface area contributed by atoms with Gasteiger partial charge in [-0.25, -0.2) is 8.78 Å². The first-order valence-electron chi connectivity index (χ1n) is 3.62. The summed E-state index contributed by atoms with van der Waals surface area (Å²) >= 11 is 0. The number of aliphatic hydroxyl groups excluding tert-OH is 1. The molecule has 0 spiro atoms. The molecule has 0 amide bonds. The Bertz CT molecular complexity index is 281. The average Bonchev–Trinajstić information content (AvgIpc) is 2.16. The van der Waals surface area contributed by atoms with Gasteiger partial charge in [0.2, 0.25) is 0 Å². The van der Waals surface area contributed by atoms with Gasteiger partial charge < -0.3 is 9.84 Å². The second-order valence-corrected chi connectivity index (χ2v) is 2.37. The number of alkyl halides is 2. The van der Waals surface area contributed by atoms with E-state index in [0.29, 0.717) is 0 Å². The zero-order valence-electron chi connectivity index (χ0n) is 6.95. The van der Waals surface area contributed by atoms with Crippen molar-refractivity contribution in [3.05, 3.63) is 24.0 Å². The molecule has 0 bridgehead atoms. The Morgan fingerprint density at radius 1 is 1.54 bits per heavy atom. The van der Waals surface area contributed by atoms with Crippen molar-refractivity contribution in [2.24, 2.45) is 0 Å². The standard InChI is InChI=1S/C8H9F2NO2/c1-13-5-3-2-4-11-6(5)7(12)8(9)10/h2-4,7-8,12H,1H3. The van der Waals surface area contributed by atoms with Crippen molar-refractivity contribution in [1.82, 2.24) is 4.98 Å². The van der Waals surface area contributed by atoms with E-state index < -0.39 is 12.5 Å². The number of hydrogen-bond acceptors (Lipinski definition) is 3. The summed E-state index contributed by atoms with van der Waals surface area (Å²) < 4.78 is 28.9. The van der Waals surface area contributed by atoms with Crippen LogP contribution in [0.2, 0.25) is 0 Å². The topological polar surface area (TPSA) is 42.4 Å². The number of hydrogen-bond donors (Lipinski definition) is 1. The molecule has 0 aliphatic rings. The maximum atomic E-state index is 12.1. The lowest BCUT2D eigenvalue weighted by molar-refractivity contribution is -0.00951. The summed E-state index contributed by atoms with van der Waals surface area (Å²) in [6.45, 7) is 0. The Morgan fingerprint density at radius 3 is 2.77 bits per heavy atom. The fraction of sp³-hybridized carbons (Fsp3) is 0.375. The summed E-state index contributed by atoms with van der Waals surface area (Å²) in [4.78, 5) is 3.62. The number of rotatable bonds is 3. The summed E-state index contributed by atoms with van der Waals surface area (Å²) in [7, 11) is 1.33. The Balaban J connectivity index is 2.98. The lowest BCUT2D eigenvalue weighted by Gasteiger charge is -2.11. The van der Waals surface area contributed by atoms with E-state index in [9.17, 15) is 8.78 Å². The van der Waals surface area contributed by atoms with Gasteiger partial charge in [0.05, 0.1) is 7.11 Å². The van der Waals surface area contributed by atoms with Crippen LogP contribution in [0.5, 0.6) is 5.75 Å². The van der Waals surface area contributed by atoms with Crippen LogP contribution in [0.4, 0.5) is 8.78 Å². The number of aliphatic hydroxyl groups is 1. The zero-order chi connectivity index (χ0) is 9.84. The minimum absolute atomic E-state index is 0.139. The van der Waals surface area contributed by atoms with Crippen LogP contribution < -0.4 is 4.74 Å². The number of methoxy groups -OCH3 is 1. The number of aromatic nitrogens is 1. The zero-order valence-corrected chi connectivity index (χ0v) is 6.95. The highest BCUT2D eigenvalue weighted by Gasteiger charge is 2.23. The smallest absolute Gasteiger partial charge is 0.269 e. The monoisotopic (exact) mass is 189 g/mol. The molecular formula is C8H9F2NO2. The van der Waals surface area contributed by atoms with Crippen LogP contribution in [0, 0.1) is 0 Å². The summed E-state index contributed by atoms with van der Waals surface area (Å²) in [5, 5.41) is 9.02. The minimum Gasteiger partial charge on any atom is -0.495 e. The molecule has 1 N–H and O–H groups in total. The van der Waals surface area contributed by atoms with E-state index in [1.54, 1.807) is 6.07 Å². The molecule has 72 valence electrons. The largest absolute Gasteiger partial charge is 0.495 e. The third kappa shape index (κ3) is 2.12. The Hall–Kier alpha value is -1.23. The molecule has 0 aliphatic heterocycles. The summed E-state index contributed by atoms with van der Waals surface area (Å²) in [6, 6.07) is 3.01. The molecular weight excluding hydrogens is 180 g/mol. The first-order chi connectivity index (χ1) is 6.16. The Labute approximate surface area is 74.0 Å². The number of halogens is 2. The fourth-order valence-electron chi connectivity index (χ4n) is 0.917. The van der Waals surface area contributed by atoms with Crippen LogP contribution >= 0.6 is 0 Å². The van der Waals surface area contributed by atoms with Crippen LogP contribution in [0.15, 0.2) is 18.3 Å². The van der Waals surface area contributed by atoms with Gasteiger partial charge in [0.1, 0.15) is 11.4 Å². The molecule has 0 aliphatic carbocycles. The van der Waals surface area contributed by atoms with E-state index in [1.807, 2.05) is 0 Å². The molecule has 1 aromatic heterocycles. The van der Waals surface area contributed by atoms with Gasteiger partial charge >= 0.3 is 0 Å². The molecule has 1 rings (SSSR count). The van der Waals surface area contributed by atoms with Crippen LogP contribution in [-0.2, 0) is 0 Å². The maximum absolute atomic E-state index is 12.1. The molecule has 1 aromatic rings. The Kier molecular flexibility index (Phi) is 3.13. The number of ether oxygens (including phenoxy) is 1. The summed E-state index contributed by atoms with van der Waals surface area (Å²) in [5.74, 6) is 0.162. The highest BCUT2D eigenvalue weighted by Crippen LogP contribution is 2.26. The molecule has 0 saturated carbocycles. The molecule has 5 heteroatoms. The first kappa shape index (κ1) is 9.85. The van der Waals surface area contributed by atoms with Gasteiger partial charge in [-0.05, 0) is 12.1 Å². The van der Waals surface area contributed by atoms with E-state index in [2.05, 4.69) is 4.98 Å². The lowest BCUT2D eigenvalue weighted by Crippen LogP contribution is -2.11. The van der Waals surface area contributed by atoms with Gasteiger partial charge in [0.15, 0.2) is 6.10 Å². The molecule has 0 aromatic carbocycles. The molecule has 3 nitrogen and oxygen atoms in total. The average molecular weight is 189 g/mol. The van der Waals surface area contributed by atoms with E-state index in [-0.39, 0.29) is 11.4 Å². The molecule has 0 saturated heterocycles. The van der Waals surface area contributed by atoms with Gasteiger partial charge in [-0.15, -0.1) is 0 Å². The van der Waals surface area contributed by atoms with Gasteiger partial charge in [0, 0.05) is 6.20 Å². The van der Waals surface area contributed by atoms with E-state index >= 15 is 0 Å².